The molecule has 1 unspecified atom stereocenters. The number of carbonyl (C=O) groups is 1. The van der Waals surface area contributed by atoms with E-state index in [4.69, 9.17) is 10.5 Å². The predicted octanol–water partition coefficient (Wildman–Crippen LogP) is 1.41. The number of rotatable bonds is 6. The van der Waals surface area contributed by atoms with E-state index >= 15 is 0 Å². The number of carbonyl (C=O) groups excluding carboxylic acids is 1. The molecule has 0 spiro atoms. The lowest BCUT2D eigenvalue weighted by molar-refractivity contribution is -0.144. The molecule has 4 heteroatoms. The van der Waals surface area contributed by atoms with E-state index in [1.807, 2.05) is 20.8 Å². The van der Waals surface area contributed by atoms with E-state index in [9.17, 15) is 4.79 Å². The van der Waals surface area contributed by atoms with Crippen molar-refractivity contribution in [2.75, 3.05) is 11.5 Å². The second kappa shape index (κ2) is 7.21. The molecule has 0 rings (SSSR count). The Morgan fingerprint density at radius 2 is 2.15 bits per heavy atom. The first-order chi connectivity index (χ1) is 6.06. The Balaban J connectivity index is 3.37. The summed E-state index contributed by atoms with van der Waals surface area (Å²) >= 11 is 1.54. The first kappa shape index (κ1) is 12.8. The molecule has 13 heavy (non-hydrogen) atoms. The third-order valence-electron chi connectivity index (χ3n) is 1.44. The summed E-state index contributed by atoms with van der Waals surface area (Å²) in [7, 11) is 0. The van der Waals surface area contributed by atoms with Crippen LogP contribution >= 0.6 is 11.8 Å². The van der Waals surface area contributed by atoms with Gasteiger partial charge < -0.3 is 10.5 Å². The van der Waals surface area contributed by atoms with Crippen molar-refractivity contribution in [2.24, 2.45) is 5.73 Å². The van der Waals surface area contributed by atoms with Gasteiger partial charge in [0, 0.05) is 11.8 Å². The first-order valence-electron chi connectivity index (χ1n) is 4.59. The minimum Gasteiger partial charge on any atom is -0.462 e. The van der Waals surface area contributed by atoms with Crippen molar-refractivity contribution in [3.05, 3.63) is 0 Å². The van der Waals surface area contributed by atoms with Crippen LogP contribution in [0.1, 0.15) is 27.2 Å². The summed E-state index contributed by atoms with van der Waals surface area (Å²) < 4.78 is 4.97. The van der Waals surface area contributed by atoms with Gasteiger partial charge in [0.25, 0.3) is 0 Å². The minimum absolute atomic E-state index is 0.0204. The summed E-state index contributed by atoms with van der Waals surface area (Å²) in [5.74, 6) is 1.08. The zero-order valence-electron chi connectivity index (χ0n) is 8.58. The van der Waals surface area contributed by atoms with Crippen molar-refractivity contribution in [1.82, 2.24) is 0 Å². The van der Waals surface area contributed by atoms with Crippen LogP contribution in [0.15, 0.2) is 0 Å². The summed E-state index contributed by atoms with van der Waals surface area (Å²) in [6.07, 6.45) is 0.930. The zero-order chi connectivity index (χ0) is 10.3. The van der Waals surface area contributed by atoms with Crippen molar-refractivity contribution >= 4 is 17.7 Å². The fraction of sp³-hybridized carbons (Fsp3) is 0.889. The van der Waals surface area contributed by atoms with Crippen LogP contribution in [-0.4, -0.2) is 29.6 Å². The third-order valence-corrected chi connectivity index (χ3v) is 2.55. The first-order valence-corrected chi connectivity index (χ1v) is 5.74. The Bertz CT molecular complexity index is 151. The molecule has 1 atom stereocenters. The van der Waals surface area contributed by atoms with Gasteiger partial charge >= 0.3 is 5.97 Å². The molecule has 0 aromatic heterocycles. The van der Waals surface area contributed by atoms with Crippen molar-refractivity contribution in [2.45, 2.75) is 39.3 Å². The number of esters is 1. The molecule has 2 N–H and O–H groups in total. The van der Waals surface area contributed by atoms with Gasteiger partial charge in [-0.05, 0) is 20.3 Å². The van der Waals surface area contributed by atoms with E-state index in [0.717, 1.165) is 12.2 Å². The highest BCUT2D eigenvalue weighted by molar-refractivity contribution is 7.99. The molecule has 0 fully saturated rings. The Hall–Kier alpha value is -0.220. The molecule has 0 amide bonds. The molecule has 0 radical (unpaired) electrons. The Morgan fingerprint density at radius 1 is 1.54 bits per heavy atom. The molecule has 0 saturated carbocycles. The van der Waals surface area contributed by atoms with Gasteiger partial charge in [-0.1, -0.05) is 6.92 Å². The van der Waals surface area contributed by atoms with E-state index in [1.165, 1.54) is 11.8 Å². The van der Waals surface area contributed by atoms with Crippen molar-refractivity contribution < 1.29 is 9.53 Å². The van der Waals surface area contributed by atoms with E-state index < -0.39 is 0 Å². The highest BCUT2D eigenvalue weighted by Crippen LogP contribution is 2.05. The van der Waals surface area contributed by atoms with Gasteiger partial charge in [-0.3, -0.25) is 4.79 Å². The number of nitrogens with two attached hydrogens (primary N) is 1. The van der Waals surface area contributed by atoms with E-state index in [1.54, 1.807) is 0 Å². The summed E-state index contributed by atoms with van der Waals surface area (Å²) in [6, 6.07) is 0.192. The molecular formula is C9H19NO2S. The van der Waals surface area contributed by atoms with Crippen LogP contribution < -0.4 is 5.73 Å². The highest BCUT2D eigenvalue weighted by Gasteiger charge is 2.06. The number of hydrogen-bond donors (Lipinski definition) is 1. The zero-order valence-corrected chi connectivity index (χ0v) is 9.39. The molecule has 0 saturated heterocycles. The molecule has 0 bridgehead atoms. The van der Waals surface area contributed by atoms with Gasteiger partial charge in [0.05, 0.1) is 11.9 Å². The van der Waals surface area contributed by atoms with Crippen molar-refractivity contribution in [1.29, 1.82) is 0 Å². The van der Waals surface area contributed by atoms with E-state index in [-0.39, 0.29) is 18.1 Å². The van der Waals surface area contributed by atoms with Gasteiger partial charge in [0.1, 0.15) is 0 Å². The Labute approximate surface area is 84.4 Å². The Morgan fingerprint density at radius 3 is 2.62 bits per heavy atom. The molecule has 0 aliphatic rings. The van der Waals surface area contributed by atoms with Crippen molar-refractivity contribution in [3.8, 4) is 0 Å². The van der Waals surface area contributed by atoms with Crippen LogP contribution in [0.5, 0.6) is 0 Å². The average molecular weight is 205 g/mol. The second-order valence-corrected chi connectivity index (χ2v) is 4.25. The standard InChI is InChI=1S/C9H19NO2S/c1-4-8(10)5-13-6-9(11)12-7(2)3/h7-8H,4-6,10H2,1-3H3. The summed E-state index contributed by atoms with van der Waals surface area (Å²) in [5, 5.41) is 0. The quantitative estimate of drug-likeness (QED) is 0.666. The topological polar surface area (TPSA) is 52.3 Å². The lowest BCUT2D eigenvalue weighted by atomic mass is 10.3. The lowest BCUT2D eigenvalue weighted by Gasteiger charge is -2.09. The molecule has 3 nitrogen and oxygen atoms in total. The van der Waals surface area contributed by atoms with Gasteiger partial charge in [-0.15, -0.1) is 11.8 Å². The summed E-state index contributed by atoms with van der Waals surface area (Å²) in [6.45, 7) is 5.73. The fourth-order valence-electron chi connectivity index (χ4n) is 0.708. The van der Waals surface area contributed by atoms with E-state index in [2.05, 4.69) is 0 Å². The molecule has 0 aromatic carbocycles. The van der Waals surface area contributed by atoms with Crippen LogP contribution in [0.4, 0.5) is 0 Å². The van der Waals surface area contributed by atoms with Crippen molar-refractivity contribution in [3.63, 3.8) is 0 Å². The third kappa shape index (κ3) is 8.12. The van der Waals surface area contributed by atoms with Gasteiger partial charge in [-0.2, -0.15) is 0 Å². The molecular weight excluding hydrogens is 186 g/mol. The van der Waals surface area contributed by atoms with Gasteiger partial charge in [0.15, 0.2) is 0 Å². The maximum Gasteiger partial charge on any atom is 0.316 e. The predicted molar refractivity (Wildman–Crippen MR) is 56.8 cm³/mol. The number of ether oxygens (including phenoxy) is 1. The monoisotopic (exact) mass is 205 g/mol. The minimum atomic E-state index is -0.150. The maximum atomic E-state index is 11.0. The van der Waals surface area contributed by atoms with Crippen LogP contribution in [0.3, 0.4) is 0 Å². The van der Waals surface area contributed by atoms with Crippen LogP contribution in [0, 0.1) is 0 Å². The molecule has 0 aliphatic carbocycles. The van der Waals surface area contributed by atoms with Gasteiger partial charge in [-0.25, -0.2) is 0 Å². The Kier molecular flexibility index (Phi) is 7.09. The molecule has 78 valence electrons. The summed E-state index contributed by atoms with van der Waals surface area (Å²) in [4.78, 5) is 11.0. The number of thioether (sulfide) groups is 1. The second-order valence-electron chi connectivity index (χ2n) is 3.22. The molecule has 0 aromatic rings. The SMILES string of the molecule is CCC(N)CSCC(=O)OC(C)C. The van der Waals surface area contributed by atoms with Crippen LogP contribution in [-0.2, 0) is 9.53 Å². The van der Waals surface area contributed by atoms with Crippen LogP contribution in [0.2, 0.25) is 0 Å². The average Bonchev–Trinajstić information content (AvgIpc) is 2.02. The fourth-order valence-corrected chi connectivity index (χ4v) is 1.60. The van der Waals surface area contributed by atoms with Gasteiger partial charge in [0.2, 0.25) is 0 Å². The summed E-state index contributed by atoms with van der Waals surface area (Å²) in [5.41, 5.74) is 5.69. The molecule has 0 aliphatic heterocycles. The molecule has 0 heterocycles. The maximum absolute atomic E-state index is 11.0. The lowest BCUT2D eigenvalue weighted by Crippen LogP contribution is -2.22. The highest BCUT2D eigenvalue weighted by atomic mass is 32.2. The largest absolute Gasteiger partial charge is 0.462 e. The van der Waals surface area contributed by atoms with Crippen LogP contribution in [0.25, 0.3) is 0 Å². The van der Waals surface area contributed by atoms with E-state index in [0.29, 0.717) is 5.75 Å². The number of hydrogen-bond acceptors (Lipinski definition) is 4. The normalized spacial score (nSPS) is 13.0. The smallest absolute Gasteiger partial charge is 0.316 e.